The Hall–Kier alpha value is -2.02. The topological polar surface area (TPSA) is 66.8 Å². The highest BCUT2D eigenvalue weighted by Crippen LogP contribution is 2.24. The van der Waals surface area contributed by atoms with Crippen molar-refractivity contribution in [1.29, 1.82) is 0 Å². The van der Waals surface area contributed by atoms with E-state index in [2.05, 4.69) is 0 Å². The van der Waals surface area contributed by atoms with E-state index in [1.165, 1.54) is 12.0 Å². The van der Waals surface area contributed by atoms with Crippen molar-refractivity contribution in [2.24, 2.45) is 0 Å². The van der Waals surface area contributed by atoms with Gasteiger partial charge in [0, 0.05) is 26.1 Å². The van der Waals surface area contributed by atoms with Gasteiger partial charge in [0.05, 0.1) is 12.5 Å². The van der Waals surface area contributed by atoms with Crippen molar-refractivity contribution in [1.82, 2.24) is 4.90 Å². The van der Waals surface area contributed by atoms with Gasteiger partial charge in [-0.1, -0.05) is 0 Å². The van der Waals surface area contributed by atoms with E-state index in [0.717, 1.165) is 18.2 Å². The SMILES string of the molecule is COC1CC(CC(=O)O)N(C(=O)CCc2cc(F)ccc2F)C1. The van der Waals surface area contributed by atoms with Gasteiger partial charge in [0.1, 0.15) is 11.6 Å². The molecular weight excluding hydrogens is 308 g/mol. The average Bonchev–Trinajstić information content (AvgIpc) is 2.90. The number of carbonyl (C=O) groups excluding carboxylic acids is 1. The number of ether oxygens (including phenoxy) is 1. The summed E-state index contributed by atoms with van der Waals surface area (Å²) in [6.45, 7) is 0.318. The van der Waals surface area contributed by atoms with Crippen LogP contribution in [-0.2, 0) is 20.7 Å². The molecule has 1 heterocycles. The van der Waals surface area contributed by atoms with Crippen LogP contribution in [-0.4, -0.2) is 47.7 Å². The monoisotopic (exact) mass is 327 g/mol. The lowest BCUT2D eigenvalue weighted by Gasteiger charge is -2.23. The van der Waals surface area contributed by atoms with Crippen LogP contribution < -0.4 is 0 Å². The van der Waals surface area contributed by atoms with E-state index in [-0.39, 0.29) is 36.8 Å². The Balaban J connectivity index is 2.00. The van der Waals surface area contributed by atoms with Gasteiger partial charge in [-0.15, -0.1) is 0 Å². The Morgan fingerprint density at radius 1 is 1.39 bits per heavy atom. The fourth-order valence-electron chi connectivity index (χ4n) is 2.87. The number of likely N-dealkylation sites (tertiary alicyclic amines) is 1. The number of nitrogens with zero attached hydrogens (tertiary/aromatic N) is 1. The van der Waals surface area contributed by atoms with Crippen LogP contribution in [0.2, 0.25) is 0 Å². The van der Waals surface area contributed by atoms with Crippen LogP contribution >= 0.6 is 0 Å². The van der Waals surface area contributed by atoms with Crippen LogP contribution in [0.3, 0.4) is 0 Å². The zero-order valence-electron chi connectivity index (χ0n) is 12.8. The van der Waals surface area contributed by atoms with Crippen molar-refractivity contribution >= 4 is 11.9 Å². The fourth-order valence-corrected chi connectivity index (χ4v) is 2.87. The Bertz CT molecular complexity index is 593. The van der Waals surface area contributed by atoms with Crippen LogP contribution in [0.25, 0.3) is 0 Å². The molecule has 2 rings (SSSR count). The number of carboxylic acids is 1. The van der Waals surface area contributed by atoms with E-state index in [4.69, 9.17) is 9.84 Å². The number of carbonyl (C=O) groups is 2. The first-order valence-corrected chi connectivity index (χ1v) is 7.38. The summed E-state index contributed by atoms with van der Waals surface area (Å²) in [4.78, 5) is 24.7. The molecule has 1 aliphatic heterocycles. The third-order valence-electron chi connectivity index (χ3n) is 4.06. The highest BCUT2D eigenvalue weighted by atomic mass is 19.1. The molecule has 1 aromatic rings. The predicted molar refractivity (Wildman–Crippen MR) is 77.8 cm³/mol. The predicted octanol–water partition coefficient (Wildman–Crippen LogP) is 1.99. The normalized spacial score (nSPS) is 20.7. The number of hydrogen-bond donors (Lipinski definition) is 1. The minimum atomic E-state index is -0.985. The molecule has 1 aliphatic rings. The number of aliphatic carboxylic acids is 1. The smallest absolute Gasteiger partial charge is 0.305 e. The molecule has 0 radical (unpaired) electrons. The maximum absolute atomic E-state index is 13.6. The standard InChI is InChI=1S/C16H19F2NO4/c1-23-13-7-12(8-16(21)22)19(9-13)15(20)5-2-10-6-11(17)3-4-14(10)18/h3-4,6,12-13H,2,5,7-9H2,1H3,(H,21,22). The molecule has 0 saturated carbocycles. The first-order chi connectivity index (χ1) is 10.9. The van der Waals surface area contributed by atoms with Crippen molar-refractivity contribution in [3.8, 4) is 0 Å². The third-order valence-corrected chi connectivity index (χ3v) is 4.06. The first kappa shape index (κ1) is 17.3. The van der Waals surface area contributed by atoms with Gasteiger partial charge in [0.2, 0.25) is 5.91 Å². The molecule has 0 bridgehead atoms. The van der Waals surface area contributed by atoms with Gasteiger partial charge in [-0.05, 0) is 36.6 Å². The summed E-state index contributed by atoms with van der Waals surface area (Å²) in [7, 11) is 1.51. The zero-order chi connectivity index (χ0) is 17.0. The van der Waals surface area contributed by atoms with Crippen molar-refractivity contribution < 1.29 is 28.2 Å². The summed E-state index contributed by atoms with van der Waals surface area (Å²) in [6, 6.07) is 2.69. The number of carboxylic acid groups (broad SMARTS) is 1. The quantitative estimate of drug-likeness (QED) is 0.868. The molecule has 1 fully saturated rings. The molecule has 1 aromatic carbocycles. The first-order valence-electron chi connectivity index (χ1n) is 7.38. The molecule has 1 N–H and O–H groups in total. The minimum Gasteiger partial charge on any atom is -0.481 e. The fraction of sp³-hybridized carbons (Fsp3) is 0.500. The Morgan fingerprint density at radius 2 is 2.13 bits per heavy atom. The third kappa shape index (κ3) is 4.48. The second kappa shape index (κ2) is 7.50. The molecular formula is C16H19F2NO4. The van der Waals surface area contributed by atoms with Gasteiger partial charge in [0.25, 0.3) is 0 Å². The van der Waals surface area contributed by atoms with Gasteiger partial charge >= 0.3 is 5.97 Å². The van der Waals surface area contributed by atoms with Crippen LogP contribution in [0, 0.1) is 11.6 Å². The summed E-state index contributed by atoms with van der Waals surface area (Å²) >= 11 is 0. The number of rotatable bonds is 6. The van der Waals surface area contributed by atoms with E-state index in [1.807, 2.05) is 0 Å². The molecule has 0 spiro atoms. The Labute approximate surface area is 132 Å². The van der Waals surface area contributed by atoms with Gasteiger partial charge in [0.15, 0.2) is 0 Å². The van der Waals surface area contributed by atoms with Crippen molar-refractivity contribution in [3.05, 3.63) is 35.4 Å². The summed E-state index contributed by atoms with van der Waals surface area (Å²) in [5, 5.41) is 8.94. The number of halogens is 2. The van der Waals surface area contributed by atoms with E-state index in [9.17, 15) is 18.4 Å². The van der Waals surface area contributed by atoms with Crippen LogP contribution in [0.15, 0.2) is 18.2 Å². The van der Waals surface area contributed by atoms with E-state index in [0.29, 0.717) is 13.0 Å². The molecule has 1 amide bonds. The Morgan fingerprint density at radius 3 is 2.78 bits per heavy atom. The number of benzene rings is 1. The summed E-state index contributed by atoms with van der Waals surface area (Å²) in [5.74, 6) is -2.38. The number of aryl methyl sites for hydroxylation is 1. The molecule has 1 saturated heterocycles. The van der Waals surface area contributed by atoms with Crippen LogP contribution in [0.4, 0.5) is 8.78 Å². The summed E-state index contributed by atoms with van der Waals surface area (Å²) < 4.78 is 31.9. The Kier molecular flexibility index (Phi) is 5.65. The highest BCUT2D eigenvalue weighted by Gasteiger charge is 2.36. The average molecular weight is 327 g/mol. The van der Waals surface area contributed by atoms with Crippen molar-refractivity contribution in [2.75, 3.05) is 13.7 Å². The second-order valence-corrected chi connectivity index (χ2v) is 5.63. The molecule has 5 nitrogen and oxygen atoms in total. The molecule has 7 heteroatoms. The highest BCUT2D eigenvalue weighted by molar-refractivity contribution is 5.78. The van der Waals surface area contributed by atoms with E-state index in [1.54, 1.807) is 0 Å². The zero-order valence-corrected chi connectivity index (χ0v) is 12.8. The summed E-state index contributed by atoms with van der Waals surface area (Å²) in [6.07, 6.45) is 0.167. The van der Waals surface area contributed by atoms with E-state index < -0.39 is 23.6 Å². The number of methoxy groups -OCH3 is 1. The maximum atomic E-state index is 13.6. The summed E-state index contributed by atoms with van der Waals surface area (Å²) in [5.41, 5.74) is 0.135. The lowest BCUT2D eigenvalue weighted by Crippen LogP contribution is -2.37. The van der Waals surface area contributed by atoms with Gasteiger partial charge in [-0.3, -0.25) is 9.59 Å². The lowest BCUT2D eigenvalue weighted by molar-refractivity contribution is -0.139. The minimum absolute atomic E-state index is 0.00702. The van der Waals surface area contributed by atoms with Gasteiger partial charge in [-0.2, -0.15) is 0 Å². The molecule has 2 unspecified atom stereocenters. The second-order valence-electron chi connectivity index (χ2n) is 5.63. The molecule has 126 valence electrons. The van der Waals surface area contributed by atoms with E-state index >= 15 is 0 Å². The van der Waals surface area contributed by atoms with Crippen molar-refractivity contribution in [2.45, 2.75) is 37.8 Å². The lowest BCUT2D eigenvalue weighted by atomic mass is 10.1. The van der Waals surface area contributed by atoms with Crippen molar-refractivity contribution in [3.63, 3.8) is 0 Å². The van der Waals surface area contributed by atoms with Gasteiger partial charge < -0.3 is 14.7 Å². The molecule has 23 heavy (non-hydrogen) atoms. The van der Waals surface area contributed by atoms with Gasteiger partial charge in [-0.25, -0.2) is 8.78 Å². The number of hydrogen-bond acceptors (Lipinski definition) is 3. The molecule has 2 atom stereocenters. The molecule has 0 aliphatic carbocycles. The molecule has 0 aromatic heterocycles. The number of amides is 1. The largest absolute Gasteiger partial charge is 0.481 e. The van der Waals surface area contributed by atoms with Crippen LogP contribution in [0.1, 0.15) is 24.8 Å². The van der Waals surface area contributed by atoms with Crippen LogP contribution in [0.5, 0.6) is 0 Å². The maximum Gasteiger partial charge on any atom is 0.305 e.